The van der Waals surface area contributed by atoms with Crippen LogP contribution in [-0.2, 0) is 0 Å². The highest BCUT2D eigenvalue weighted by Crippen LogP contribution is 2.28. The van der Waals surface area contributed by atoms with Gasteiger partial charge < -0.3 is 14.4 Å². The Morgan fingerprint density at radius 3 is 2.71 bits per heavy atom. The summed E-state index contributed by atoms with van der Waals surface area (Å²) in [6, 6.07) is 16.8. The number of nitrogens with one attached hydrogen (secondary N) is 1. The maximum absolute atomic E-state index is 12.2. The molecule has 0 bridgehead atoms. The summed E-state index contributed by atoms with van der Waals surface area (Å²) in [5.41, 5.74) is 5.17. The number of anilines is 1. The van der Waals surface area contributed by atoms with E-state index >= 15 is 0 Å². The van der Waals surface area contributed by atoms with Gasteiger partial charge in [-0.05, 0) is 22.4 Å². The van der Waals surface area contributed by atoms with Gasteiger partial charge in [0.1, 0.15) is 5.75 Å². The van der Waals surface area contributed by atoms with Gasteiger partial charge in [-0.3, -0.25) is 5.43 Å². The van der Waals surface area contributed by atoms with Gasteiger partial charge in [0.15, 0.2) is 11.6 Å². The minimum Gasteiger partial charge on any atom is -0.539 e. The van der Waals surface area contributed by atoms with E-state index in [0.29, 0.717) is 22.3 Å². The van der Waals surface area contributed by atoms with Crippen molar-refractivity contribution in [1.29, 1.82) is 0 Å². The van der Waals surface area contributed by atoms with Gasteiger partial charge in [0, 0.05) is 17.5 Å². The van der Waals surface area contributed by atoms with Crippen LogP contribution < -0.4 is 20.0 Å². The summed E-state index contributed by atoms with van der Waals surface area (Å²) < 4.78 is 11.4. The number of methoxy groups -OCH3 is 1. The molecule has 0 fully saturated rings. The zero-order valence-electron chi connectivity index (χ0n) is 14.8. The fourth-order valence-corrected chi connectivity index (χ4v) is 3.14. The summed E-state index contributed by atoms with van der Waals surface area (Å²) in [5, 5.41) is 22.5. The summed E-state index contributed by atoms with van der Waals surface area (Å²) in [6.07, 6.45) is 1.69. The molecule has 0 aliphatic carbocycles. The van der Waals surface area contributed by atoms with E-state index < -0.39 is 5.95 Å². The van der Waals surface area contributed by atoms with Crippen LogP contribution in [-0.4, -0.2) is 23.6 Å². The van der Waals surface area contributed by atoms with Gasteiger partial charge in [-0.2, -0.15) is 5.10 Å². The molecular weight excluding hydrogens is 378 g/mol. The van der Waals surface area contributed by atoms with Crippen molar-refractivity contribution in [1.82, 2.24) is 10.3 Å². The molecule has 2 heterocycles. The van der Waals surface area contributed by atoms with E-state index in [1.807, 2.05) is 30.3 Å². The summed E-state index contributed by atoms with van der Waals surface area (Å²) in [4.78, 5) is 4.41. The average Bonchev–Trinajstić information content (AvgIpc) is 3.35. The predicted octanol–water partition coefficient (Wildman–Crippen LogP) is 2.60. The molecule has 0 radical (unpaired) electrons. The second-order valence-electron chi connectivity index (χ2n) is 5.64. The highest BCUT2D eigenvalue weighted by atomic mass is 32.1. The van der Waals surface area contributed by atoms with Gasteiger partial charge in [-0.15, -0.1) is 11.3 Å². The number of benzene rings is 2. The maximum atomic E-state index is 12.2. The van der Waals surface area contributed by atoms with Crippen molar-refractivity contribution >= 4 is 22.7 Å². The number of nitrogens with zero attached hydrogens (tertiary/aromatic N) is 4. The zero-order valence-corrected chi connectivity index (χ0v) is 15.6. The van der Waals surface area contributed by atoms with E-state index in [9.17, 15) is 5.11 Å². The number of aromatic nitrogens is 3. The SMILES string of the molecule is COc1ccc(-[n+]2noc([O-])c2-c2csc(N/N=C/c3ccccc3)n2)cc1. The zero-order chi connectivity index (χ0) is 19.3. The van der Waals surface area contributed by atoms with Crippen LogP contribution in [0.3, 0.4) is 0 Å². The highest BCUT2D eigenvalue weighted by Gasteiger charge is 2.24. The van der Waals surface area contributed by atoms with Crippen molar-refractivity contribution in [2.24, 2.45) is 5.10 Å². The topological polar surface area (TPSA) is 99.5 Å². The van der Waals surface area contributed by atoms with Crippen LogP contribution in [0.25, 0.3) is 17.1 Å². The Hall–Kier alpha value is -3.72. The Bertz CT molecular complexity index is 1090. The third kappa shape index (κ3) is 3.69. The Morgan fingerprint density at radius 2 is 1.96 bits per heavy atom. The molecule has 0 amide bonds. The molecule has 0 saturated heterocycles. The summed E-state index contributed by atoms with van der Waals surface area (Å²) in [6.45, 7) is 0. The van der Waals surface area contributed by atoms with Crippen LogP contribution >= 0.6 is 11.3 Å². The second-order valence-corrected chi connectivity index (χ2v) is 6.50. The molecular formula is C19H15N5O3S. The van der Waals surface area contributed by atoms with Crippen molar-refractivity contribution in [3.63, 3.8) is 0 Å². The van der Waals surface area contributed by atoms with Crippen LogP contribution in [0.15, 0.2) is 69.6 Å². The third-order valence-electron chi connectivity index (χ3n) is 3.85. The van der Waals surface area contributed by atoms with Crippen molar-refractivity contribution in [3.8, 4) is 28.8 Å². The molecule has 0 atom stereocenters. The molecule has 0 spiro atoms. The van der Waals surface area contributed by atoms with E-state index in [-0.39, 0.29) is 5.69 Å². The second kappa shape index (κ2) is 7.89. The minimum atomic E-state index is -0.569. The molecule has 1 N–H and O–H groups in total. The smallest absolute Gasteiger partial charge is 0.289 e. The molecule has 2 aromatic heterocycles. The first kappa shape index (κ1) is 17.7. The lowest BCUT2D eigenvalue weighted by atomic mass is 10.2. The molecule has 2 aromatic carbocycles. The number of thiazole rings is 1. The summed E-state index contributed by atoms with van der Waals surface area (Å²) in [5.74, 6) is 0.133. The minimum absolute atomic E-state index is 0.238. The van der Waals surface area contributed by atoms with Crippen LogP contribution in [0.2, 0.25) is 0 Å². The number of rotatable bonds is 6. The lowest BCUT2D eigenvalue weighted by molar-refractivity contribution is -0.660. The Labute approximate surface area is 164 Å². The molecule has 8 nitrogen and oxygen atoms in total. The molecule has 28 heavy (non-hydrogen) atoms. The first-order valence-corrected chi connectivity index (χ1v) is 9.16. The highest BCUT2D eigenvalue weighted by molar-refractivity contribution is 7.14. The van der Waals surface area contributed by atoms with Crippen LogP contribution in [0.1, 0.15) is 5.56 Å². The third-order valence-corrected chi connectivity index (χ3v) is 4.59. The van der Waals surface area contributed by atoms with E-state index in [1.54, 1.807) is 43.0 Å². The van der Waals surface area contributed by atoms with Gasteiger partial charge in [0.25, 0.3) is 5.69 Å². The molecule has 0 saturated carbocycles. The number of hydrazone groups is 1. The summed E-state index contributed by atoms with van der Waals surface area (Å²) >= 11 is 1.32. The van der Waals surface area contributed by atoms with E-state index in [1.165, 1.54) is 16.0 Å². The van der Waals surface area contributed by atoms with E-state index in [0.717, 1.165) is 5.56 Å². The standard InChI is InChI=1S/C19H15N5O3S/c1-26-15-9-7-14(8-10-15)24-17(18(25)27-23-24)16-12-28-19(21-16)22-20-11-13-5-3-2-4-6-13/h2-12H,1H3,(H-,21,22,23,25)/b20-11+. The van der Waals surface area contributed by atoms with Crippen molar-refractivity contribution in [3.05, 3.63) is 65.5 Å². The van der Waals surface area contributed by atoms with Crippen LogP contribution in [0.4, 0.5) is 5.13 Å². The van der Waals surface area contributed by atoms with Crippen LogP contribution in [0.5, 0.6) is 11.7 Å². The van der Waals surface area contributed by atoms with Crippen molar-refractivity contribution in [2.45, 2.75) is 0 Å². The average molecular weight is 393 g/mol. The summed E-state index contributed by atoms with van der Waals surface area (Å²) in [7, 11) is 1.59. The number of ether oxygens (including phenoxy) is 1. The fraction of sp³-hybridized carbons (Fsp3) is 0.0526. The molecule has 4 rings (SSSR count). The monoisotopic (exact) mass is 393 g/mol. The first-order chi connectivity index (χ1) is 13.7. The number of hydrogen-bond acceptors (Lipinski definition) is 8. The van der Waals surface area contributed by atoms with Gasteiger partial charge in [-0.25, -0.2) is 4.98 Å². The van der Waals surface area contributed by atoms with E-state index in [4.69, 9.17) is 9.26 Å². The quantitative estimate of drug-likeness (QED) is 0.307. The molecule has 4 aromatic rings. The first-order valence-electron chi connectivity index (χ1n) is 8.28. The van der Waals surface area contributed by atoms with Gasteiger partial charge >= 0.3 is 0 Å². The molecule has 0 aliphatic heterocycles. The molecule has 9 heteroatoms. The van der Waals surface area contributed by atoms with Crippen LogP contribution in [0, 0.1) is 0 Å². The van der Waals surface area contributed by atoms with Gasteiger partial charge in [-0.1, -0.05) is 30.3 Å². The Morgan fingerprint density at radius 1 is 1.18 bits per heavy atom. The van der Waals surface area contributed by atoms with E-state index in [2.05, 4.69) is 20.8 Å². The normalized spacial score (nSPS) is 11.0. The molecule has 0 aliphatic rings. The maximum Gasteiger partial charge on any atom is 0.289 e. The van der Waals surface area contributed by atoms with Gasteiger partial charge in [0.2, 0.25) is 10.8 Å². The van der Waals surface area contributed by atoms with Crippen molar-refractivity contribution < 1.29 is 19.0 Å². The molecule has 0 unspecified atom stereocenters. The predicted molar refractivity (Wildman–Crippen MR) is 103 cm³/mol. The lowest BCUT2D eigenvalue weighted by Gasteiger charge is -1.98. The molecule has 140 valence electrons. The van der Waals surface area contributed by atoms with Gasteiger partial charge in [0.05, 0.1) is 18.6 Å². The Balaban J connectivity index is 1.57. The fourth-order valence-electron chi connectivity index (χ4n) is 2.50. The largest absolute Gasteiger partial charge is 0.539 e. The van der Waals surface area contributed by atoms with Crippen molar-refractivity contribution in [2.75, 3.05) is 12.5 Å². The lowest BCUT2D eigenvalue weighted by Crippen LogP contribution is -2.34. The number of hydrogen-bond donors (Lipinski definition) is 1. The Kier molecular flexibility index (Phi) is 4.98.